The molecule has 1 heterocycles. The third-order valence-corrected chi connectivity index (χ3v) is 2.46. The Kier molecular flexibility index (Phi) is 3.56. The number of nitrogens with one attached hydrogen (secondary N) is 2. The Morgan fingerprint density at radius 2 is 2.00 bits per heavy atom. The molecule has 7 nitrogen and oxygen atoms in total. The lowest BCUT2D eigenvalue weighted by Crippen LogP contribution is -2.24. The topological polar surface area (TPSA) is 91.0 Å². The largest absolute Gasteiger partial charge is 0.345 e. The minimum absolute atomic E-state index is 0.159. The molecule has 98 valence electrons. The lowest BCUT2D eigenvalue weighted by Gasteiger charge is -2.14. The molecule has 2 aromatic rings. The van der Waals surface area contributed by atoms with E-state index in [4.69, 9.17) is 0 Å². The molecule has 0 aliphatic heterocycles. The van der Waals surface area contributed by atoms with Crippen molar-refractivity contribution in [2.45, 2.75) is 0 Å². The molecule has 19 heavy (non-hydrogen) atoms. The van der Waals surface area contributed by atoms with Gasteiger partial charge in [-0.2, -0.15) is 15.4 Å². The van der Waals surface area contributed by atoms with Crippen molar-refractivity contribution in [3.63, 3.8) is 0 Å². The molecule has 0 radical (unpaired) electrons. The van der Waals surface area contributed by atoms with Crippen molar-refractivity contribution in [2.75, 3.05) is 19.4 Å². The quantitative estimate of drug-likeness (QED) is 0.851. The number of aromatic amines is 1. The monoisotopic (exact) mass is 259 g/mol. The number of aromatic nitrogens is 3. The fourth-order valence-electron chi connectivity index (χ4n) is 1.52. The number of hydrogen-bond acceptors (Lipinski definition) is 4. The Labute approximate surface area is 109 Å². The van der Waals surface area contributed by atoms with Crippen LogP contribution in [0.1, 0.15) is 20.8 Å². The highest BCUT2D eigenvalue weighted by Crippen LogP contribution is 2.17. The van der Waals surface area contributed by atoms with Crippen LogP contribution in [0.4, 0.5) is 5.69 Å². The Hall–Kier alpha value is -2.70. The van der Waals surface area contributed by atoms with Gasteiger partial charge >= 0.3 is 0 Å². The van der Waals surface area contributed by atoms with Crippen molar-refractivity contribution < 1.29 is 9.59 Å². The van der Waals surface area contributed by atoms with Gasteiger partial charge in [-0.15, -0.1) is 0 Å². The van der Waals surface area contributed by atoms with Gasteiger partial charge in [0.1, 0.15) is 0 Å². The maximum atomic E-state index is 12.0. The summed E-state index contributed by atoms with van der Waals surface area (Å²) in [4.78, 5) is 25.3. The van der Waals surface area contributed by atoms with Gasteiger partial charge in [0, 0.05) is 14.1 Å². The summed E-state index contributed by atoms with van der Waals surface area (Å²) in [6.45, 7) is 0. The van der Waals surface area contributed by atoms with Gasteiger partial charge in [-0.25, -0.2) is 0 Å². The zero-order valence-corrected chi connectivity index (χ0v) is 10.5. The van der Waals surface area contributed by atoms with Crippen molar-refractivity contribution in [3.05, 3.63) is 41.7 Å². The SMILES string of the molecule is CN(C)C(=O)c1ccccc1NC(=O)c1cn[nH]n1. The average Bonchev–Trinajstić information content (AvgIpc) is 2.92. The first-order valence-electron chi connectivity index (χ1n) is 5.57. The summed E-state index contributed by atoms with van der Waals surface area (Å²) in [6, 6.07) is 6.79. The Balaban J connectivity index is 2.26. The minimum atomic E-state index is -0.423. The van der Waals surface area contributed by atoms with E-state index in [9.17, 15) is 9.59 Å². The first-order chi connectivity index (χ1) is 9.09. The standard InChI is InChI=1S/C12H13N5O2/c1-17(2)12(19)8-5-3-4-6-9(8)14-11(18)10-7-13-16-15-10/h3-7H,1-2H3,(H,14,18)(H,13,15,16). The van der Waals surface area contributed by atoms with E-state index in [1.54, 1.807) is 38.4 Å². The molecule has 0 fully saturated rings. The van der Waals surface area contributed by atoms with E-state index in [0.29, 0.717) is 11.3 Å². The number of carbonyl (C=O) groups excluding carboxylic acids is 2. The van der Waals surface area contributed by atoms with Crippen LogP contribution in [-0.2, 0) is 0 Å². The fraction of sp³-hybridized carbons (Fsp3) is 0.167. The maximum Gasteiger partial charge on any atom is 0.277 e. The van der Waals surface area contributed by atoms with E-state index in [1.165, 1.54) is 11.1 Å². The molecule has 2 rings (SSSR count). The molecule has 7 heteroatoms. The van der Waals surface area contributed by atoms with Crippen LogP contribution in [0.15, 0.2) is 30.5 Å². The molecule has 1 aromatic carbocycles. The van der Waals surface area contributed by atoms with Crippen molar-refractivity contribution >= 4 is 17.5 Å². The Bertz CT molecular complexity index is 592. The van der Waals surface area contributed by atoms with Gasteiger partial charge < -0.3 is 10.2 Å². The number of carbonyl (C=O) groups is 2. The van der Waals surface area contributed by atoms with Crippen LogP contribution >= 0.6 is 0 Å². The highest BCUT2D eigenvalue weighted by atomic mass is 16.2. The molecule has 2 amide bonds. The third kappa shape index (κ3) is 2.76. The van der Waals surface area contributed by atoms with Gasteiger partial charge in [0.15, 0.2) is 5.69 Å². The second-order valence-electron chi connectivity index (χ2n) is 4.05. The zero-order chi connectivity index (χ0) is 13.8. The number of hydrogen-bond donors (Lipinski definition) is 2. The van der Waals surface area contributed by atoms with Gasteiger partial charge in [-0.3, -0.25) is 9.59 Å². The number of benzene rings is 1. The van der Waals surface area contributed by atoms with Gasteiger partial charge in [0.05, 0.1) is 17.4 Å². The Morgan fingerprint density at radius 3 is 2.63 bits per heavy atom. The lowest BCUT2D eigenvalue weighted by atomic mass is 10.1. The molecule has 0 unspecified atom stereocenters. The molecule has 0 bridgehead atoms. The number of H-pyrrole nitrogens is 1. The van der Waals surface area contributed by atoms with E-state index in [0.717, 1.165) is 0 Å². The van der Waals surface area contributed by atoms with Crippen LogP contribution in [-0.4, -0.2) is 46.2 Å². The molecule has 1 aromatic heterocycles. The summed E-state index contributed by atoms with van der Waals surface area (Å²) >= 11 is 0. The highest BCUT2D eigenvalue weighted by Gasteiger charge is 2.16. The van der Waals surface area contributed by atoms with E-state index >= 15 is 0 Å². The lowest BCUT2D eigenvalue weighted by molar-refractivity contribution is 0.0828. The molecule has 0 aliphatic carbocycles. The van der Waals surface area contributed by atoms with Crippen LogP contribution < -0.4 is 5.32 Å². The molecule has 0 aliphatic rings. The van der Waals surface area contributed by atoms with Gasteiger partial charge in [0.25, 0.3) is 11.8 Å². The number of nitrogens with zero attached hydrogens (tertiary/aromatic N) is 3. The van der Waals surface area contributed by atoms with Crippen LogP contribution in [0, 0.1) is 0 Å². The maximum absolute atomic E-state index is 12.0. The van der Waals surface area contributed by atoms with E-state index in [-0.39, 0.29) is 11.6 Å². The van der Waals surface area contributed by atoms with Gasteiger partial charge in [-0.1, -0.05) is 12.1 Å². The molecule has 0 atom stereocenters. The van der Waals surface area contributed by atoms with E-state index < -0.39 is 5.91 Å². The normalized spacial score (nSPS) is 10.0. The minimum Gasteiger partial charge on any atom is -0.345 e. The molecule has 0 spiro atoms. The number of amides is 2. The highest BCUT2D eigenvalue weighted by molar-refractivity contribution is 6.07. The smallest absolute Gasteiger partial charge is 0.277 e. The number of para-hydroxylation sites is 1. The van der Waals surface area contributed by atoms with Crippen molar-refractivity contribution in [2.24, 2.45) is 0 Å². The van der Waals surface area contributed by atoms with Gasteiger partial charge in [-0.05, 0) is 12.1 Å². The summed E-state index contributed by atoms with van der Waals surface area (Å²) in [5, 5.41) is 12.2. The zero-order valence-electron chi connectivity index (χ0n) is 10.5. The second-order valence-corrected chi connectivity index (χ2v) is 4.05. The molecular formula is C12H13N5O2. The third-order valence-electron chi connectivity index (χ3n) is 2.46. The summed E-state index contributed by atoms with van der Waals surface area (Å²) in [5.74, 6) is -0.608. The molecular weight excluding hydrogens is 246 g/mol. The summed E-state index contributed by atoms with van der Waals surface area (Å²) in [7, 11) is 3.30. The summed E-state index contributed by atoms with van der Waals surface area (Å²) in [5.41, 5.74) is 1.02. The first-order valence-corrected chi connectivity index (χ1v) is 5.57. The van der Waals surface area contributed by atoms with Crippen LogP contribution in [0.3, 0.4) is 0 Å². The number of rotatable bonds is 3. The van der Waals surface area contributed by atoms with Crippen LogP contribution in [0.2, 0.25) is 0 Å². The second kappa shape index (κ2) is 5.30. The van der Waals surface area contributed by atoms with Crippen molar-refractivity contribution in [1.82, 2.24) is 20.3 Å². The van der Waals surface area contributed by atoms with Crippen LogP contribution in [0.25, 0.3) is 0 Å². The predicted octanol–water partition coefficient (Wildman–Crippen LogP) is 0.759. The van der Waals surface area contributed by atoms with Crippen LogP contribution in [0.5, 0.6) is 0 Å². The van der Waals surface area contributed by atoms with Gasteiger partial charge in [0.2, 0.25) is 0 Å². The average molecular weight is 259 g/mol. The molecule has 0 saturated heterocycles. The van der Waals surface area contributed by atoms with E-state index in [2.05, 4.69) is 20.7 Å². The summed E-state index contributed by atoms with van der Waals surface area (Å²) < 4.78 is 0. The van der Waals surface area contributed by atoms with Crippen molar-refractivity contribution in [1.29, 1.82) is 0 Å². The predicted molar refractivity (Wildman–Crippen MR) is 68.8 cm³/mol. The summed E-state index contributed by atoms with van der Waals surface area (Å²) in [6.07, 6.45) is 1.31. The molecule has 0 saturated carbocycles. The first kappa shape index (κ1) is 12.7. The van der Waals surface area contributed by atoms with E-state index in [1.807, 2.05) is 0 Å². The fourth-order valence-corrected chi connectivity index (χ4v) is 1.52. The van der Waals surface area contributed by atoms with Crippen molar-refractivity contribution in [3.8, 4) is 0 Å². The molecule has 2 N–H and O–H groups in total. The number of anilines is 1. The Morgan fingerprint density at radius 1 is 1.26 bits per heavy atom.